The fourth-order valence-electron chi connectivity index (χ4n) is 5.11. The van der Waals surface area contributed by atoms with Gasteiger partial charge in [-0.3, -0.25) is 9.59 Å². The Kier molecular flexibility index (Phi) is 5.91. The lowest BCUT2D eigenvalue weighted by atomic mass is 9.67. The standard InChI is InChI=1S/C25H29N5O4/c1-13(2)30-23(29-24(33)34-30)25(12-14(3)26)19-8-6-17(21(27)31)10-15(19)4-5-16-11-18(22(28)32)7-9-20(16)25/h6-11,13-14H,4-5,12,26H2,1-3H3,(H2,27,31)(H2,28,32)/t14-/m0/s1. The van der Waals surface area contributed by atoms with E-state index in [-0.39, 0.29) is 12.1 Å². The molecule has 0 saturated heterocycles. The number of nitrogens with zero attached hydrogens (tertiary/aromatic N) is 2. The average Bonchev–Trinajstić information content (AvgIpc) is 3.12. The maximum Gasteiger partial charge on any atom is 0.459 e. The van der Waals surface area contributed by atoms with Crippen molar-refractivity contribution in [2.75, 3.05) is 0 Å². The first kappa shape index (κ1) is 23.4. The van der Waals surface area contributed by atoms with Gasteiger partial charge in [0.05, 0.1) is 11.5 Å². The summed E-state index contributed by atoms with van der Waals surface area (Å²) in [5.41, 5.74) is 20.8. The Balaban J connectivity index is 2.16. The lowest BCUT2D eigenvalue weighted by Crippen LogP contribution is -2.40. The fraction of sp³-hybridized carbons (Fsp3) is 0.360. The summed E-state index contributed by atoms with van der Waals surface area (Å²) in [6.45, 7) is 5.69. The average molecular weight is 464 g/mol. The van der Waals surface area contributed by atoms with Gasteiger partial charge in [0, 0.05) is 17.2 Å². The highest BCUT2D eigenvalue weighted by Gasteiger charge is 2.46. The number of amides is 2. The minimum absolute atomic E-state index is 0.194. The van der Waals surface area contributed by atoms with Gasteiger partial charge in [0.25, 0.3) is 0 Å². The van der Waals surface area contributed by atoms with E-state index in [9.17, 15) is 14.4 Å². The summed E-state index contributed by atoms with van der Waals surface area (Å²) in [5, 5.41) is 0. The zero-order chi connectivity index (χ0) is 24.8. The van der Waals surface area contributed by atoms with Crippen LogP contribution in [0.15, 0.2) is 45.7 Å². The zero-order valence-corrected chi connectivity index (χ0v) is 19.5. The smallest absolute Gasteiger partial charge is 0.366 e. The van der Waals surface area contributed by atoms with Crippen LogP contribution in [-0.4, -0.2) is 27.6 Å². The number of benzene rings is 2. The summed E-state index contributed by atoms with van der Waals surface area (Å²) >= 11 is 0. The van der Waals surface area contributed by atoms with E-state index in [0.717, 1.165) is 22.3 Å². The third kappa shape index (κ3) is 3.81. The van der Waals surface area contributed by atoms with Crippen molar-refractivity contribution in [1.82, 2.24) is 9.72 Å². The number of aromatic nitrogens is 2. The zero-order valence-electron chi connectivity index (χ0n) is 19.5. The highest BCUT2D eigenvalue weighted by molar-refractivity contribution is 5.94. The maximum absolute atomic E-state index is 12.4. The molecule has 3 aromatic rings. The second kappa shape index (κ2) is 8.57. The minimum Gasteiger partial charge on any atom is -0.366 e. The molecule has 9 heteroatoms. The second-order valence-electron chi connectivity index (χ2n) is 9.27. The Labute approximate surface area is 196 Å². The van der Waals surface area contributed by atoms with Crippen LogP contribution in [0.3, 0.4) is 0 Å². The molecule has 4 rings (SSSR count). The number of hydrogen-bond acceptors (Lipinski definition) is 6. The molecule has 0 unspecified atom stereocenters. The van der Waals surface area contributed by atoms with Crippen molar-refractivity contribution < 1.29 is 14.1 Å². The Morgan fingerprint density at radius 2 is 1.50 bits per heavy atom. The van der Waals surface area contributed by atoms with Gasteiger partial charge in [-0.2, -0.15) is 9.72 Å². The van der Waals surface area contributed by atoms with E-state index in [1.54, 1.807) is 24.3 Å². The minimum atomic E-state index is -0.974. The number of primary amides is 2. The van der Waals surface area contributed by atoms with Crippen LogP contribution >= 0.6 is 0 Å². The van der Waals surface area contributed by atoms with E-state index in [1.165, 1.54) is 4.74 Å². The highest BCUT2D eigenvalue weighted by atomic mass is 16.5. The maximum atomic E-state index is 12.4. The van der Waals surface area contributed by atoms with Gasteiger partial charge >= 0.3 is 5.76 Å². The SMILES string of the molecule is CC(C)n1oc(=O)nc1C1(C[C@H](C)N)c2ccc(C(N)=O)cc2CCc2cc(C(N)=O)ccc21. The molecule has 2 amide bonds. The third-order valence-electron chi connectivity index (χ3n) is 6.42. The van der Waals surface area contributed by atoms with Gasteiger partial charge in [-0.05, 0) is 86.6 Å². The molecule has 0 aliphatic heterocycles. The summed E-state index contributed by atoms with van der Waals surface area (Å²) in [4.78, 5) is 40.7. The van der Waals surface area contributed by atoms with Crippen LogP contribution < -0.4 is 23.0 Å². The molecule has 0 radical (unpaired) electrons. The molecule has 1 aliphatic carbocycles. The number of fused-ring (bicyclic) bond motifs is 2. The summed E-state index contributed by atoms with van der Waals surface area (Å²) in [6.07, 6.45) is 1.56. The van der Waals surface area contributed by atoms with Crippen LogP contribution in [-0.2, 0) is 18.3 Å². The van der Waals surface area contributed by atoms with Gasteiger partial charge in [0.15, 0.2) is 5.82 Å². The first-order chi connectivity index (χ1) is 16.0. The predicted molar refractivity (Wildman–Crippen MR) is 127 cm³/mol. The quantitative estimate of drug-likeness (QED) is 0.505. The Morgan fingerprint density at radius 1 is 1.00 bits per heavy atom. The van der Waals surface area contributed by atoms with Gasteiger partial charge in [-0.1, -0.05) is 12.1 Å². The summed E-state index contributed by atoms with van der Waals surface area (Å²) < 4.78 is 7.01. The molecule has 0 bridgehead atoms. The molecule has 0 fully saturated rings. The number of nitrogens with two attached hydrogens (primary N) is 3. The molecule has 6 N–H and O–H groups in total. The van der Waals surface area contributed by atoms with Gasteiger partial charge < -0.3 is 21.7 Å². The molecule has 0 saturated carbocycles. The molecule has 1 heterocycles. The monoisotopic (exact) mass is 463 g/mol. The number of carbonyl (C=O) groups excluding carboxylic acids is 2. The van der Waals surface area contributed by atoms with E-state index in [2.05, 4.69) is 4.98 Å². The van der Waals surface area contributed by atoms with Gasteiger partial charge in [0.2, 0.25) is 11.8 Å². The molecule has 0 spiro atoms. The van der Waals surface area contributed by atoms with Crippen molar-refractivity contribution >= 4 is 11.8 Å². The van der Waals surface area contributed by atoms with Crippen LogP contribution in [0.25, 0.3) is 0 Å². The summed E-state index contributed by atoms with van der Waals surface area (Å²) in [5.74, 6) is -1.34. The molecule has 1 atom stereocenters. The van der Waals surface area contributed by atoms with Crippen molar-refractivity contribution in [3.63, 3.8) is 0 Å². The van der Waals surface area contributed by atoms with Crippen LogP contribution in [0.5, 0.6) is 0 Å². The van der Waals surface area contributed by atoms with E-state index in [1.807, 2.05) is 32.9 Å². The van der Waals surface area contributed by atoms with Crippen LogP contribution in [0.1, 0.15) is 82.0 Å². The van der Waals surface area contributed by atoms with E-state index < -0.39 is 23.0 Å². The van der Waals surface area contributed by atoms with Crippen molar-refractivity contribution in [1.29, 1.82) is 0 Å². The molecule has 1 aliphatic rings. The van der Waals surface area contributed by atoms with Crippen molar-refractivity contribution in [2.24, 2.45) is 17.2 Å². The van der Waals surface area contributed by atoms with Crippen molar-refractivity contribution in [3.8, 4) is 0 Å². The van der Waals surface area contributed by atoms with E-state index in [4.69, 9.17) is 21.7 Å². The van der Waals surface area contributed by atoms with Crippen molar-refractivity contribution in [3.05, 3.63) is 86.2 Å². The van der Waals surface area contributed by atoms with Crippen LogP contribution in [0.4, 0.5) is 0 Å². The number of carbonyl (C=O) groups is 2. The largest absolute Gasteiger partial charge is 0.459 e. The Hall–Kier alpha value is -3.72. The predicted octanol–water partition coefficient (Wildman–Crippen LogP) is 1.79. The lowest BCUT2D eigenvalue weighted by Gasteiger charge is -2.37. The number of rotatable bonds is 6. The first-order valence-electron chi connectivity index (χ1n) is 11.3. The number of hydrogen-bond donors (Lipinski definition) is 3. The third-order valence-corrected chi connectivity index (χ3v) is 6.42. The van der Waals surface area contributed by atoms with Crippen LogP contribution in [0.2, 0.25) is 0 Å². The first-order valence-corrected chi connectivity index (χ1v) is 11.3. The molecule has 34 heavy (non-hydrogen) atoms. The number of aryl methyl sites for hydroxylation is 2. The fourth-order valence-corrected chi connectivity index (χ4v) is 5.11. The van der Waals surface area contributed by atoms with Gasteiger partial charge in [0.1, 0.15) is 0 Å². The molecule has 9 nitrogen and oxygen atoms in total. The normalized spacial score (nSPS) is 15.3. The van der Waals surface area contributed by atoms with Crippen molar-refractivity contribution in [2.45, 2.75) is 57.5 Å². The Morgan fingerprint density at radius 3 is 1.91 bits per heavy atom. The van der Waals surface area contributed by atoms with E-state index in [0.29, 0.717) is 36.2 Å². The molecular weight excluding hydrogens is 434 g/mol. The summed E-state index contributed by atoms with van der Waals surface area (Å²) in [7, 11) is 0. The molecule has 178 valence electrons. The summed E-state index contributed by atoms with van der Waals surface area (Å²) in [6, 6.07) is 10.2. The second-order valence-corrected chi connectivity index (χ2v) is 9.27. The molecular formula is C25H29N5O4. The molecule has 2 aromatic carbocycles. The van der Waals surface area contributed by atoms with E-state index >= 15 is 0 Å². The van der Waals surface area contributed by atoms with Crippen LogP contribution in [0, 0.1) is 0 Å². The highest BCUT2D eigenvalue weighted by Crippen LogP contribution is 2.47. The van der Waals surface area contributed by atoms with Gasteiger partial charge in [-0.15, -0.1) is 0 Å². The Bertz CT molecular complexity index is 1270. The molecule has 1 aromatic heterocycles. The topological polar surface area (TPSA) is 160 Å². The van der Waals surface area contributed by atoms with Gasteiger partial charge in [-0.25, -0.2) is 4.79 Å². The lowest BCUT2D eigenvalue weighted by molar-refractivity contribution is 0.0991.